The number of hydrogen-bond donors (Lipinski definition) is 2. The molecule has 0 heterocycles. The molecule has 2 rings (SSSR count). The summed E-state index contributed by atoms with van der Waals surface area (Å²) in [5, 5.41) is 13.5. The lowest BCUT2D eigenvalue weighted by molar-refractivity contribution is -0.0463. The van der Waals surface area contributed by atoms with Crippen LogP contribution in [0, 0.1) is 5.92 Å². The van der Waals surface area contributed by atoms with Crippen molar-refractivity contribution >= 4 is 0 Å². The van der Waals surface area contributed by atoms with Crippen LogP contribution in [0.4, 0.5) is 0 Å². The summed E-state index contributed by atoms with van der Waals surface area (Å²) in [5.41, 5.74) is 0.318. The molecule has 4 nitrogen and oxygen atoms in total. The number of aliphatic hydroxyl groups is 1. The Hall–Kier alpha value is -0.160. The second-order valence-corrected chi connectivity index (χ2v) is 7.39. The van der Waals surface area contributed by atoms with E-state index in [9.17, 15) is 5.11 Å². The predicted molar refractivity (Wildman–Crippen MR) is 86.5 cm³/mol. The lowest BCUT2D eigenvalue weighted by Crippen LogP contribution is -2.57. The van der Waals surface area contributed by atoms with Gasteiger partial charge in [-0.3, -0.25) is 0 Å². The van der Waals surface area contributed by atoms with Gasteiger partial charge in [0.25, 0.3) is 0 Å². The first-order valence-electron chi connectivity index (χ1n) is 8.71. The maximum atomic E-state index is 10.1. The molecule has 0 amide bonds. The largest absolute Gasteiger partial charge is 0.389 e. The Morgan fingerprint density at radius 3 is 2.52 bits per heavy atom. The van der Waals surface area contributed by atoms with Crippen LogP contribution in [0.3, 0.4) is 0 Å². The average Bonchev–Trinajstić information content (AvgIpc) is 2.40. The maximum Gasteiger partial charge on any atom is 0.0897 e. The SMILES string of the molecule is CC1CCCCC1OCC(O)CNCC1(N(C)C)CCC1. The van der Waals surface area contributed by atoms with Crippen molar-refractivity contribution in [3.8, 4) is 0 Å². The van der Waals surface area contributed by atoms with Crippen LogP contribution in [-0.4, -0.2) is 61.5 Å². The summed E-state index contributed by atoms with van der Waals surface area (Å²) in [4.78, 5) is 2.33. The van der Waals surface area contributed by atoms with E-state index in [1.54, 1.807) is 0 Å². The Kier molecular flexibility index (Phi) is 6.48. The average molecular weight is 298 g/mol. The highest BCUT2D eigenvalue weighted by atomic mass is 16.5. The van der Waals surface area contributed by atoms with Gasteiger partial charge in [0.15, 0.2) is 0 Å². The minimum absolute atomic E-state index is 0.318. The Morgan fingerprint density at radius 1 is 1.24 bits per heavy atom. The zero-order valence-corrected chi connectivity index (χ0v) is 14.1. The molecule has 2 saturated carbocycles. The number of nitrogens with one attached hydrogen (secondary N) is 1. The van der Waals surface area contributed by atoms with E-state index < -0.39 is 6.10 Å². The molecule has 124 valence electrons. The predicted octanol–water partition coefficient (Wildman–Crippen LogP) is 2.02. The van der Waals surface area contributed by atoms with Crippen molar-refractivity contribution in [2.24, 2.45) is 5.92 Å². The molecule has 0 aromatic carbocycles. The molecule has 2 N–H and O–H groups in total. The van der Waals surface area contributed by atoms with Gasteiger partial charge in [-0.15, -0.1) is 0 Å². The minimum atomic E-state index is -0.390. The zero-order valence-electron chi connectivity index (χ0n) is 14.1. The van der Waals surface area contributed by atoms with Crippen molar-refractivity contribution in [3.63, 3.8) is 0 Å². The molecule has 0 saturated heterocycles. The van der Waals surface area contributed by atoms with Gasteiger partial charge in [-0.05, 0) is 52.1 Å². The second kappa shape index (κ2) is 7.91. The van der Waals surface area contributed by atoms with Crippen molar-refractivity contribution in [1.29, 1.82) is 0 Å². The topological polar surface area (TPSA) is 44.7 Å². The first-order valence-corrected chi connectivity index (χ1v) is 8.71. The van der Waals surface area contributed by atoms with E-state index in [2.05, 4.69) is 31.2 Å². The summed E-state index contributed by atoms with van der Waals surface area (Å²) in [7, 11) is 4.32. The molecule has 0 bridgehead atoms. The van der Waals surface area contributed by atoms with Crippen LogP contribution in [0.1, 0.15) is 51.9 Å². The fraction of sp³-hybridized carbons (Fsp3) is 1.00. The summed E-state index contributed by atoms with van der Waals surface area (Å²) >= 11 is 0. The molecule has 3 unspecified atom stereocenters. The summed E-state index contributed by atoms with van der Waals surface area (Å²) < 4.78 is 5.93. The molecule has 0 radical (unpaired) electrons. The second-order valence-electron chi connectivity index (χ2n) is 7.39. The van der Waals surface area contributed by atoms with Crippen molar-refractivity contribution in [2.45, 2.75) is 69.6 Å². The van der Waals surface area contributed by atoms with Gasteiger partial charge in [-0.25, -0.2) is 0 Å². The number of nitrogens with zero attached hydrogens (tertiary/aromatic N) is 1. The lowest BCUT2D eigenvalue weighted by atomic mass is 9.75. The van der Waals surface area contributed by atoms with Gasteiger partial charge in [-0.2, -0.15) is 0 Å². The molecule has 0 aliphatic heterocycles. The highest BCUT2D eigenvalue weighted by Crippen LogP contribution is 2.35. The molecule has 2 aliphatic rings. The van der Waals surface area contributed by atoms with Gasteiger partial charge in [0.1, 0.15) is 0 Å². The molecule has 0 spiro atoms. The summed E-state index contributed by atoms with van der Waals surface area (Å²) in [6.07, 6.45) is 8.84. The normalized spacial score (nSPS) is 30.1. The molecular weight excluding hydrogens is 264 g/mol. The Bertz CT molecular complexity index is 305. The molecule has 21 heavy (non-hydrogen) atoms. The third-order valence-corrected chi connectivity index (χ3v) is 5.60. The highest BCUT2D eigenvalue weighted by molar-refractivity contribution is 4.97. The van der Waals surface area contributed by atoms with Crippen molar-refractivity contribution < 1.29 is 9.84 Å². The first kappa shape index (κ1) is 17.2. The van der Waals surface area contributed by atoms with Gasteiger partial charge in [0.2, 0.25) is 0 Å². The Morgan fingerprint density at radius 2 is 1.95 bits per heavy atom. The fourth-order valence-electron chi connectivity index (χ4n) is 3.66. The van der Waals surface area contributed by atoms with Crippen molar-refractivity contribution in [2.75, 3.05) is 33.8 Å². The van der Waals surface area contributed by atoms with Crippen LogP contribution in [0.15, 0.2) is 0 Å². The standard InChI is InChI=1S/C17H34N2O2/c1-14-7-4-5-8-16(14)21-12-15(20)11-18-13-17(19(2)3)9-6-10-17/h14-16,18,20H,4-13H2,1-3H3. The highest BCUT2D eigenvalue weighted by Gasteiger charge is 2.38. The van der Waals surface area contributed by atoms with Gasteiger partial charge in [0.05, 0.1) is 18.8 Å². The van der Waals surface area contributed by atoms with Crippen LogP contribution in [0.5, 0.6) is 0 Å². The number of likely N-dealkylation sites (N-methyl/N-ethyl adjacent to an activating group) is 1. The fourth-order valence-corrected chi connectivity index (χ4v) is 3.66. The summed E-state index contributed by atoms with van der Waals surface area (Å²) in [6.45, 7) is 4.34. The number of rotatable bonds is 8. The van der Waals surface area contributed by atoms with E-state index in [0.717, 1.165) is 13.0 Å². The van der Waals surface area contributed by atoms with Gasteiger partial charge in [0, 0.05) is 18.6 Å². The monoisotopic (exact) mass is 298 g/mol. The molecule has 2 fully saturated rings. The van der Waals surface area contributed by atoms with Crippen LogP contribution >= 0.6 is 0 Å². The van der Waals surface area contributed by atoms with E-state index in [0.29, 0.717) is 30.7 Å². The first-order chi connectivity index (χ1) is 10.0. The van der Waals surface area contributed by atoms with Crippen molar-refractivity contribution in [1.82, 2.24) is 10.2 Å². The van der Waals surface area contributed by atoms with Crippen LogP contribution < -0.4 is 5.32 Å². The van der Waals surface area contributed by atoms with Gasteiger partial charge in [-0.1, -0.05) is 19.8 Å². The van der Waals surface area contributed by atoms with E-state index in [1.165, 1.54) is 38.5 Å². The number of ether oxygens (including phenoxy) is 1. The Balaban J connectivity index is 1.60. The maximum absolute atomic E-state index is 10.1. The van der Waals surface area contributed by atoms with E-state index in [-0.39, 0.29) is 0 Å². The van der Waals surface area contributed by atoms with E-state index >= 15 is 0 Å². The minimum Gasteiger partial charge on any atom is -0.389 e. The number of hydrogen-bond acceptors (Lipinski definition) is 4. The zero-order chi connectivity index (χ0) is 15.3. The van der Waals surface area contributed by atoms with E-state index in [4.69, 9.17) is 4.74 Å². The van der Waals surface area contributed by atoms with E-state index in [1.807, 2.05) is 0 Å². The van der Waals surface area contributed by atoms with Crippen LogP contribution in [-0.2, 0) is 4.74 Å². The van der Waals surface area contributed by atoms with Crippen molar-refractivity contribution in [3.05, 3.63) is 0 Å². The lowest BCUT2D eigenvalue weighted by Gasteiger charge is -2.47. The Labute approximate surface area is 130 Å². The third-order valence-electron chi connectivity index (χ3n) is 5.60. The molecule has 0 aromatic rings. The molecule has 0 aromatic heterocycles. The molecule has 2 aliphatic carbocycles. The van der Waals surface area contributed by atoms with Gasteiger partial charge < -0.3 is 20.1 Å². The quantitative estimate of drug-likeness (QED) is 0.719. The molecule has 4 heteroatoms. The van der Waals surface area contributed by atoms with Crippen LogP contribution in [0.25, 0.3) is 0 Å². The summed E-state index contributed by atoms with van der Waals surface area (Å²) in [5.74, 6) is 0.644. The smallest absolute Gasteiger partial charge is 0.0897 e. The van der Waals surface area contributed by atoms with Gasteiger partial charge >= 0.3 is 0 Å². The van der Waals surface area contributed by atoms with Crippen LogP contribution in [0.2, 0.25) is 0 Å². The molecule has 3 atom stereocenters. The molecular formula is C17H34N2O2. The third kappa shape index (κ3) is 4.65. The number of aliphatic hydroxyl groups excluding tert-OH is 1. The summed E-state index contributed by atoms with van der Waals surface area (Å²) in [6, 6.07) is 0.